The predicted octanol–water partition coefficient (Wildman–Crippen LogP) is 6.86. The topological polar surface area (TPSA) is 140 Å². The van der Waals surface area contributed by atoms with Crippen LogP contribution in [0.2, 0.25) is 0 Å². The number of aliphatic hydroxyl groups is 1. The number of fused-ring (bicyclic) bond motifs is 4. The summed E-state index contributed by atoms with van der Waals surface area (Å²) in [5.74, 6) is 1.14. The molecule has 0 aromatic heterocycles. The van der Waals surface area contributed by atoms with Crippen LogP contribution in [0.1, 0.15) is 73.6 Å². The van der Waals surface area contributed by atoms with Crippen LogP contribution in [0.3, 0.4) is 0 Å². The molecule has 54 heavy (non-hydrogen) atoms. The molecule has 4 aliphatic rings. The number of hydrogen-bond acceptors (Lipinski definition) is 12. The number of carbonyl (C=O) groups excluding carboxylic acids is 3. The highest BCUT2D eigenvalue weighted by Crippen LogP contribution is 2.42. The first-order chi connectivity index (χ1) is 26.0. The maximum atomic E-state index is 13.8. The maximum absolute atomic E-state index is 13.8. The maximum Gasteiger partial charge on any atom is 0.416 e. The van der Waals surface area contributed by atoms with Crippen LogP contribution in [-0.2, 0) is 4.74 Å². The molecule has 3 amide bonds. The molecule has 0 aliphatic carbocycles. The first-order valence-corrected chi connectivity index (χ1v) is 20.1. The molecule has 6 rings (SSSR count). The summed E-state index contributed by atoms with van der Waals surface area (Å²) in [5, 5.41) is 11.4. The molecule has 2 saturated heterocycles. The minimum Gasteiger partial charge on any atom is -0.493 e. The summed E-state index contributed by atoms with van der Waals surface area (Å²) >= 11 is 4.19. The number of aliphatic imine (C=N–C) groups is 1. The molecule has 4 atom stereocenters. The third-order valence-corrected chi connectivity index (χ3v) is 11.1. The van der Waals surface area contributed by atoms with Crippen LogP contribution in [-0.4, -0.2) is 110 Å². The van der Waals surface area contributed by atoms with Gasteiger partial charge in [-0.25, -0.2) is 9.69 Å². The summed E-state index contributed by atoms with van der Waals surface area (Å²) in [4.78, 5) is 49.5. The lowest BCUT2D eigenvalue weighted by Crippen LogP contribution is -2.51. The van der Waals surface area contributed by atoms with E-state index in [0.717, 1.165) is 22.5 Å². The Balaban J connectivity index is 0.00000276. The van der Waals surface area contributed by atoms with Gasteiger partial charge in [-0.05, 0) is 51.2 Å². The average molecular weight is 783 g/mol. The molecule has 15 heteroatoms. The van der Waals surface area contributed by atoms with Crippen LogP contribution in [0, 0.1) is 0 Å². The average Bonchev–Trinajstić information content (AvgIpc) is 3.72. The molecule has 292 valence electrons. The molecule has 2 fully saturated rings. The Morgan fingerprint density at radius 1 is 0.907 bits per heavy atom. The Kier molecular flexibility index (Phi) is 13.9. The van der Waals surface area contributed by atoms with E-state index >= 15 is 0 Å². The number of aliphatic hydroxyl groups excluding tert-OH is 1. The Bertz CT molecular complexity index is 1790. The van der Waals surface area contributed by atoms with E-state index in [1.54, 1.807) is 29.3 Å². The molecule has 0 bridgehead atoms. The molecule has 1 N–H and O–H groups in total. The fourth-order valence-corrected chi connectivity index (χ4v) is 7.14. The number of unbranched alkanes of at least 4 members (excludes halogenated alkanes) is 2. The lowest BCUT2D eigenvalue weighted by molar-refractivity contribution is 0.0491. The van der Waals surface area contributed by atoms with Crippen molar-refractivity contribution >= 4 is 58.0 Å². The third-order valence-electron chi connectivity index (χ3n) is 9.51. The smallest absolute Gasteiger partial charge is 0.416 e. The molecule has 4 aliphatic heterocycles. The Morgan fingerprint density at radius 2 is 1.50 bits per heavy atom. The number of methoxy groups -OCH3 is 2. The molecule has 1 unspecified atom stereocenters. The lowest BCUT2D eigenvalue weighted by Gasteiger charge is -2.31. The van der Waals surface area contributed by atoms with E-state index < -0.39 is 18.4 Å². The van der Waals surface area contributed by atoms with Gasteiger partial charge in [0.25, 0.3) is 11.8 Å². The van der Waals surface area contributed by atoms with E-state index in [2.05, 4.69) is 29.8 Å². The highest BCUT2D eigenvalue weighted by Gasteiger charge is 2.46. The zero-order chi connectivity index (χ0) is 39.1. The molecule has 0 radical (unpaired) electrons. The number of anilines is 1. The number of hydrogen-bond donors (Lipinski definition) is 2. The first-order valence-electron chi connectivity index (χ1n) is 18.2. The lowest BCUT2D eigenvalue weighted by atomic mass is 10.1. The van der Waals surface area contributed by atoms with Gasteiger partial charge in [-0.2, -0.15) is 0 Å². The van der Waals surface area contributed by atoms with Crippen LogP contribution in [0.5, 0.6) is 23.0 Å². The molecule has 4 heterocycles. The van der Waals surface area contributed by atoms with Crippen molar-refractivity contribution in [3.05, 3.63) is 59.7 Å². The molecule has 0 saturated carbocycles. The van der Waals surface area contributed by atoms with Crippen molar-refractivity contribution < 1.29 is 43.2 Å². The summed E-state index contributed by atoms with van der Waals surface area (Å²) < 4.78 is 28.9. The summed E-state index contributed by atoms with van der Waals surface area (Å²) in [6.45, 7) is 15.4. The van der Waals surface area contributed by atoms with Gasteiger partial charge in [0.2, 0.25) is 0 Å². The van der Waals surface area contributed by atoms with Gasteiger partial charge in [0.15, 0.2) is 29.2 Å². The van der Waals surface area contributed by atoms with Crippen molar-refractivity contribution in [3.8, 4) is 23.0 Å². The van der Waals surface area contributed by atoms with Crippen molar-refractivity contribution in [2.24, 2.45) is 4.99 Å². The van der Waals surface area contributed by atoms with Gasteiger partial charge >= 0.3 is 6.09 Å². The second-order valence-corrected chi connectivity index (χ2v) is 14.9. The zero-order valence-corrected chi connectivity index (χ0v) is 33.2. The summed E-state index contributed by atoms with van der Waals surface area (Å²) in [7, 11) is 4.26. The third kappa shape index (κ3) is 8.63. The highest BCUT2D eigenvalue weighted by molar-refractivity contribution is 8.68. The number of rotatable bonds is 13. The normalized spacial score (nSPS) is 20.5. The van der Waals surface area contributed by atoms with E-state index in [1.807, 2.05) is 20.8 Å². The van der Waals surface area contributed by atoms with Gasteiger partial charge in [-0.3, -0.25) is 14.6 Å². The van der Waals surface area contributed by atoms with Crippen molar-refractivity contribution in [3.63, 3.8) is 0 Å². The second kappa shape index (κ2) is 18.3. The number of carbonyl (C=O) groups is 3. The number of ether oxygens (including phenoxy) is 5. The number of nitrogens with zero attached hydrogens (tertiary/aromatic N) is 4. The number of benzene rings is 2. The van der Waals surface area contributed by atoms with E-state index in [0.29, 0.717) is 79.7 Å². The predicted molar refractivity (Wildman–Crippen MR) is 213 cm³/mol. The highest BCUT2D eigenvalue weighted by atomic mass is 33.1. The van der Waals surface area contributed by atoms with Gasteiger partial charge in [-0.15, -0.1) is 11.7 Å². The minimum atomic E-state index is -1.37. The monoisotopic (exact) mass is 782 g/mol. The Morgan fingerprint density at radius 3 is 2.15 bits per heavy atom. The standard InChI is InChI=1S/C37H44N4O9S2.C2H6/c1-21-11-24-17-38-27-15-32(30(46-4)13-25(27)34(42)39(24)18-21)48-9-7-6-8-10-49-33-16-28-26(14-31(33)47-5)35(43)40-19-22(2)12-29(40)36(44)41(28)37(45)50-20-23(3)52-51;1-2/h13-17,23-24,29,36,44,51H,1-2,6-12,18-20H2,3-5H3;1-2H3/t23-,24?,29+,36+;/m1./s1. The molecule has 2 aromatic carbocycles. The van der Waals surface area contributed by atoms with Gasteiger partial charge in [0.1, 0.15) is 6.61 Å². The zero-order valence-electron chi connectivity index (χ0n) is 31.5. The molecule has 13 nitrogen and oxygen atoms in total. The van der Waals surface area contributed by atoms with E-state index in [9.17, 15) is 19.5 Å². The summed E-state index contributed by atoms with van der Waals surface area (Å²) in [5.41, 5.74) is 3.15. The molecular formula is C39H50N4O9S2. The SMILES string of the molecule is C=C1CC2C=Nc3cc(OCCCCCOc4cc5c(cc4OC)C(=O)N4CC(=C)C[C@H]4[C@H](O)N5C(=O)OC[C@@H](C)SS)c(OC)cc3C(=O)N2C1.CC. The minimum absolute atomic E-state index is 0.0621. The van der Waals surface area contributed by atoms with Gasteiger partial charge < -0.3 is 38.6 Å². The fourth-order valence-electron chi connectivity index (χ4n) is 6.82. The number of amides is 3. The Labute approximate surface area is 326 Å². The van der Waals surface area contributed by atoms with E-state index in [1.165, 1.54) is 36.0 Å². The van der Waals surface area contributed by atoms with Gasteiger partial charge in [-0.1, -0.05) is 48.9 Å². The molecule has 0 spiro atoms. The van der Waals surface area contributed by atoms with Crippen molar-refractivity contribution in [2.45, 2.75) is 76.4 Å². The summed E-state index contributed by atoms with van der Waals surface area (Å²) in [6, 6.07) is 5.73. The second-order valence-electron chi connectivity index (χ2n) is 13.3. The fraction of sp³-hybridized carbons (Fsp3) is 0.487. The van der Waals surface area contributed by atoms with Crippen molar-refractivity contribution in [1.29, 1.82) is 0 Å². The quantitative estimate of drug-likeness (QED) is 0.0960. The largest absolute Gasteiger partial charge is 0.493 e. The molecular weight excluding hydrogens is 733 g/mol. The van der Waals surface area contributed by atoms with Crippen LogP contribution < -0.4 is 23.8 Å². The summed E-state index contributed by atoms with van der Waals surface area (Å²) in [6.07, 6.45) is 2.81. The molecule has 2 aromatic rings. The van der Waals surface area contributed by atoms with Gasteiger partial charge in [0, 0.05) is 36.7 Å². The van der Waals surface area contributed by atoms with Crippen molar-refractivity contribution in [1.82, 2.24) is 9.80 Å². The van der Waals surface area contributed by atoms with E-state index in [-0.39, 0.29) is 47.5 Å². The van der Waals surface area contributed by atoms with Crippen LogP contribution in [0.15, 0.2) is 53.6 Å². The van der Waals surface area contributed by atoms with Crippen LogP contribution in [0.4, 0.5) is 16.2 Å². The van der Waals surface area contributed by atoms with E-state index in [4.69, 9.17) is 23.7 Å². The van der Waals surface area contributed by atoms with Crippen LogP contribution >= 0.6 is 22.5 Å². The number of thiol groups is 1. The Hall–Kier alpha value is -4.34. The first kappa shape index (κ1) is 40.8. The van der Waals surface area contributed by atoms with Gasteiger partial charge in [0.05, 0.1) is 62.0 Å². The van der Waals surface area contributed by atoms with Crippen LogP contribution in [0.25, 0.3) is 0 Å². The van der Waals surface area contributed by atoms with Crippen molar-refractivity contribution in [2.75, 3.05) is 52.0 Å².